The van der Waals surface area contributed by atoms with Crippen molar-refractivity contribution in [1.29, 1.82) is 0 Å². The molecule has 7 heteroatoms. The largest absolute Gasteiger partial charge is 0.488 e. The Morgan fingerprint density at radius 3 is 2.69 bits per heavy atom. The van der Waals surface area contributed by atoms with Crippen molar-refractivity contribution < 1.29 is 13.9 Å². The van der Waals surface area contributed by atoms with Gasteiger partial charge in [-0.05, 0) is 42.0 Å². The van der Waals surface area contributed by atoms with Gasteiger partial charge in [-0.3, -0.25) is 15.1 Å². The molecule has 0 aliphatic heterocycles. The van der Waals surface area contributed by atoms with Crippen LogP contribution in [-0.2, 0) is 6.61 Å². The summed E-state index contributed by atoms with van der Waals surface area (Å²) in [4.78, 5) is 21.3. The molecule has 0 aliphatic carbocycles. The molecule has 0 unspecified atom stereocenters. The summed E-state index contributed by atoms with van der Waals surface area (Å²) in [5, 5.41) is 5.17. The van der Waals surface area contributed by atoms with E-state index in [4.69, 9.17) is 4.74 Å². The van der Waals surface area contributed by atoms with Crippen LogP contribution in [0.15, 0.2) is 78.4 Å². The summed E-state index contributed by atoms with van der Waals surface area (Å²) in [7, 11) is 0. The quantitative estimate of drug-likeness (QED) is 0.480. The van der Waals surface area contributed by atoms with Gasteiger partial charge in [-0.15, -0.1) is 11.3 Å². The van der Waals surface area contributed by atoms with E-state index in [1.807, 2.05) is 17.5 Å². The maximum atomic E-state index is 13.0. The van der Waals surface area contributed by atoms with E-state index in [-0.39, 0.29) is 18.3 Å². The summed E-state index contributed by atoms with van der Waals surface area (Å²) in [5.74, 6) is -0.173. The summed E-state index contributed by atoms with van der Waals surface area (Å²) < 4.78 is 18.8. The molecule has 0 fully saturated rings. The first-order valence-corrected chi connectivity index (χ1v) is 9.70. The van der Waals surface area contributed by atoms with Gasteiger partial charge in [-0.25, -0.2) is 9.37 Å². The third-order valence-corrected chi connectivity index (χ3v) is 4.88. The van der Waals surface area contributed by atoms with Crippen LogP contribution in [0.25, 0.3) is 11.3 Å². The smallest absolute Gasteiger partial charge is 0.261 e. The predicted molar refractivity (Wildman–Crippen MR) is 110 cm³/mol. The number of amides is 1. The number of thiazole rings is 1. The van der Waals surface area contributed by atoms with Crippen LogP contribution in [0.1, 0.15) is 15.9 Å². The van der Waals surface area contributed by atoms with Crippen molar-refractivity contribution in [1.82, 2.24) is 9.97 Å². The number of carbonyl (C=O) groups is 1. The highest BCUT2D eigenvalue weighted by atomic mass is 32.1. The minimum Gasteiger partial charge on any atom is -0.488 e. The summed E-state index contributed by atoms with van der Waals surface area (Å²) in [6.45, 7) is 0.229. The molecule has 0 bridgehead atoms. The number of aromatic nitrogens is 2. The molecular formula is C22H16FN3O2S. The van der Waals surface area contributed by atoms with Crippen molar-refractivity contribution in [3.63, 3.8) is 0 Å². The zero-order valence-corrected chi connectivity index (χ0v) is 16.0. The minimum absolute atomic E-state index is 0.229. The summed E-state index contributed by atoms with van der Waals surface area (Å²) in [6.07, 6.45) is 3.42. The third kappa shape index (κ3) is 4.64. The van der Waals surface area contributed by atoms with Crippen molar-refractivity contribution in [2.24, 2.45) is 0 Å². The van der Waals surface area contributed by atoms with Gasteiger partial charge in [0.15, 0.2) is 5.13 Å². The maximum Gasteiger partial charge on any atom is 0.261 e. The van der Waals surface area contributed by atoms with E-state index in [2.05, 4.69) is 15.3 Å². The zero-order valence-electron chi connectivity index (χ0n) is 15.2. The molecule has 4 aromatic rings. The van der Waals surface area contributed by atoms with Crippen molar-refractivity contribution in [3.8, 4) is 17.0 Å². The number of benzene rings is 2. The van der Waals surface area contributed by atoms with Gasteiger partial charge in [0, 0.05) is 23.3 Å². The summed E-state index contributed by atoms with van der Waals surface area (Å²) in [6, 6.07) is 16.8. The Balaban J connectivity index is 1.46. The first-order chi connectivity index (χ1) is 14.2. The molecule has 1 amide bonds. The number of hydrogen-bond acceptors (Lipinski definition) is 5. The van der Waals surface area contributed by atoms with E-state index >= 15 is 0 Å². The Kier molecular flexibility index (Phi) is 5.58. The van der Waals surface area contributed by atoms with Crippen molar-refractivity contribution in [2.45, 2.75) is 6.61 Å². The number of para-hydroxylation sites is 1. The molecule has 2 heterocycles. The van der Waals surface area contributed by atoms with Crippen LogP contribution >= 0.6 is 11.3 Å². The highest BCUT2D eigenvalue weighted by Gasteiger charge is 2.15. The minimum atomic E-state index is -0.313. The van der Waals surface area contributed by atoms with Crippen LogP contribution in [0, 0.1) is 5.82 Å². The molecule has 0 aliphatic rings. The van der Waals surface area contributed by atoms with Crippen LogP contribution in [0.5, 0.6) is 5.75 Å². The normalized spacial score (nSPS) is 10.5. The Labute approximate surface area is 170 Å². The van der Waals surface area contributed by atoms with E-state index in [0.717, 1.165) is 16.8 Å². The molecule has 0 spiro atoms. The lowest BCUT2D eigenvalue weighted by molar-refractivity contribution is 0.102. The van der Waals surface area contributed by atoms with Gasteiger partial charge in [0.25, 0.3) is 5.91 Å². The van der Waals surface area contributed by atoms with Crippen molar-refractivity contribution >= 4 is 22.4 Å². The number of ether oxygens (including phenoxy) is 1. The second-order valence-corrected chi connectivity index (χ2v) is 7.00. The summed E-state index contributed by atoms with van der Waals surface area (Å²) in [5.41, 5.74) is 2.84. The molecule has 5 nitrogen and oxygen atoms in total. The SMILES string of the molecule is O=C(Nc1nc(-c2cccnc2)cs1)c1ccccc1OCc1ccc(F)cc1. The lowest BCUT2D eigenvalue weighted by Gasteiger charge is -2.11. The number of nitrogens with one attached hydrogen (secondary N) is 1. The van der Waals surface area contributed by atoms with Gasteiger partial charge >= 0.3 is 0 Å². The Morgan fingerprint density at radius 2 is 1.90 bits per heavy atom. The van der Waals surface area contributed by atoms with E-state index < -0.39 is 0 Å². The number of rotatable bonds is 6. The molecule has 144 valence electrons. The van der Waals surface area contributed by atoms with Crippen molar-refractivity contribution in [2.75, 3.05) is 5.32 Å². The molecule has 2 aromatic carbocycles. The lowest BCUT2D eigenvalue weighted by atomic mass is 10.2. The molecule has 29 heavy (non-hydrogen) atoms. The number of nitrogens with zero attached hydrogens (tertiary/aromatic N) is 2. The Bertz CT molecular complexity index is 1110. The number of carbonyl (C=O) groups excluding carboxylic acids is 1. The molecule has 4 rings (SSSR count). The van der Waals surface area contributed by atoms with E-state index in [0.29, 0.717) is 16.4 Å². The van der Waals surface area contributed by atoms with Crippen LogP contribution < -0.4 is 10.1 Å². The third-order valence-electron chi connectivity index (χ3n) is 4.12. The second-order valence-electron chi connectivity index (χ2n) is 6.15. The van der Waals surface area contributed by atoms with Gasteiger partial charge in [-0.2, -0.15) is 0 Å². The van der Waals surface area contributed by atoms with Gasteiger partial charge in [-0.1, -0.05) is 24.3 Å². The second kappa shape index (κ2) is 8.62. The Hall–Kier alpha value is -3.58. The number of pyridine rings is 1. The fourth-order valence-corrected chi connectivity index (χ4v) is 3.38. The molecule has 1 N–H and O–H groups in total. The lowest BCUT2D eigenvalue weighted by Crippen LogP contribution is -2.13. The van der Waals surface area contributed by atoms with Crippen LogP contribution in [0.3, 0.4) is 0 Å². The molecule has 0 saturated carbocycles. The van der Waals surface area contributed by atoms with E-state index in [1.54, 1.807) is 48.8 Å². The Morgan fingerprint density at radius 1 is 1.07 bits per heavy atom. The average molecular weight is 405 g/mol. The molecule has 0 saturated heterocycles. The zero-order chi connectivity index (χ0) is 20.1. The standard InChI is InChI=1S/C22H16FN3O2S/c23-17-9-7-15(8-10-17)13-28-20-6-2-1-5-18(20)21(27)26-22-25-19(14-29-22)16-4-3-11-24-12-16/h1-12,14H,13H2,(H,25,26,27). The van der Waals surface area contributed by atoms with Crippen LogP contribution in [-0.4, -0.2) is 15.9 Å². The van der Waals surface area contributed by atoms with Gasteiger partial charge in [0.2, 0.25) is 0 Å². The predicted octanol–water partition coefficient (Wildman–Crippen LogP) is 5.18. The maximum absolute atomic E-state index is 13.0. The van der Waals surface area contributed by atoms with Gasteiger partial charge in [0.05, 0.1) is 11.3 Å². The highest BCUT2D eigenvalue weighted by molar-refractivity contribution is 7.14. The van der Waals surface area contributed by atoms with Gasteiger partial charge < -0.3 is 4.74 Å². The number of anilines is 1. The number of halogens is 1. The fraction of sp³-hybridized carbons (Fsp3) is 0.0455. The van der Waals surface area contributed by atoms with Crippen LogP contribution in [0.4, 0.5) is 9.52 Å². The average Bonchev–Trinajstić information content (AvgIpc) is 3.22. The monoisotopic (exact) mass is 405 g/mol. The molecule has 0 atom stereocenters. The fourth-order valence-electron chi connectivity index (χ4n) is 2.66. The first kappa shape index (κ1) is 18.8. The highest BCUT2D eigenvalue weighted by Crippen LogP contribution is 2.26. The number of hydrogen-bond donors (Lipinski definition) is 1. The molecular weight excluding hydrogens is 389 g/mol. The molecule has 0 radical (unpaired) electrons. The van der Waals surface area contributed by atoms with E-state index in [1.165, 1.54) is 23.5 Å². The molecule has 2 aromatic heterocycles. The topological polar surface area (TPSA) is 64.1 Å². The van der Waals surface area contributed by atoms with Crippen LogP contribution in [0.2, 0.25) is 0 Å². The first-order valence-electron chi connectivity index (χ1n) is 8.82. The van der Waals surface area contributed by atoms with E-state index in [9.17, 15) is 9.18 Å². The summed E-state index contributed by atoms with van der Waals surface area (Å²) >= 11 is 1.34. The van der Waals surface area contributed by atoms with Gasteiger partial charge in [0.1, 0.15) is 18.2 Å². The van der Waals surface area contributed by atoms with Crippen molar-refractivity contribution in [3.05, 3.63) is 95.4 Å².